The van der Waals surface area contributed by atoms with Crippen molar-refractivity contribution in [1.29, 1.82) is 0 Å². The van der Waals surface area contributed by atoms with Crippen LogP contribution in [0.5, 0.6) is 0 Å². The second-order valence-electron chi connectivity index (χ2n) is 5.37. The van der Waals surface area contributed by atoms with E-state index in [0.717, 1.165) is 42.5 Å². The standard InChI is InChI=1S/C15H24N6/c1-6-7-16-14-11(2)15(19-12(3)18-14)20(4)9-13-8-17-21(5)10-13/h8,10H,6-7,9H2,1-5H3,(H,16,18,19). The second-order valence-corrected chi connectivity index (χ2v) is 5.37. The van der Waals surface area contributed by atoms with Crippen molar-refractivity contribution in [2.45, 2.75) is 33.7 Å². The summed E-state index contributed by atoms with van der Waals surface area (Å²) in [6, 6.07) is 0. The molecule has 0 radical (unpaired) electrons. The molecular formula is C15H24N6. The lowest BCUT2D eigenvalue weighted by atomic mass is 10.2. The van der Waals surface area contributed by atoms with E-state index in [-0.39, 0.29) is 0 Å². The third-order valence-electron chi connectivity index (χ3n) is 3.31. The summed E-state index contributed by atoms with van der Waals surface area (Å²) in [5, 5.41) is 7.58. The molecule has 2 rings (SSSR count). The fourth-order valence-electron chi connectivity index (χ4n) is 2.30. The van der Waals surface area contributed by atoms with Crippen LogP contribution in [-0.2, 0) is 13.6 Å². The molecule has 0 saturated heterocycles. The number of anilines is 2. The molecule has 2 aromatic heterocycles. The van der Waals surface area contributed by atoms with Crippen LogP contribution in [0.4, 0.5) is 11.6 Å². The maximum absolute atomic E-state index is 4.59. The predicted octanol–water partition coefficient (Wildman–Crippen LogP) is 2.29. The second kappa shape index (κ2) is 6.56. The zero-order chi connectivity index (χ0) is 15.4. The van der Waals surface area contributed by atoms with Crippen molar-refractivity contribution >= 4 is 11.6 Å². The molecule has 114 valence electrons. The third-order valence-corrected chi connectivity index (χ3v) is 3.31. The smallest absolute Gasteiger partial charge is 0.137 e. The molecule has 0 bridgehead atoms. The van der Waals surface area contributed by atoms with Crippen molar-refractivity contribution < 1.29 is 0 Å². The number of nitrogens with zero attached hydrogens (tertiary/aromatic N) is 5. The first-order valence-corrected chi connectivity index (χ1v) is 7.29. The topological polar surface area (TPSA) is 58.9 Å². The van der Waals surface area contributed by atoms with Crippen molar-refractivity contribution in [1.82, 2.24) is 19.7 Å². The average molecular weight is 288 g/mol. The number of rotatable bonds is 6. The molecule has 2 heterocycles. The Kier molecular flexibility index (Phi) is 4.77. The molecule has 0 saturated carbocycles. The summed E-state index contributed by atoms with van der Waals surface area (Å²) in [5.74, 6) is 2.68. The predicted molar refractivity (Wildman–Crippen MR) is 85.6 cm³/mol. The number of aryl methyl sites for hydroxylation is 2. The number of aromatic nitrogens is 4. The molecule has 0 aromatic carbocycles. The summed E-state index contributed by atoms with van der Waals surface area (Å²) in [5.41, 5.74) is 2.25. The molecule has 0 atom stereocenters. The highest BCUT2D eigenvalue weighted by molar-refractivity contribution is 5.58. The quantitative estimate of drug-likeness (QED) is 0.883. The number of hydrogen-bond acceptors (Lipinski definition) is 5. The van der Waals surface area contributed by atoms with Crippen molar-refractivity contribution in [3.05, 3.63) is 29.3 Å². The van der Waals surface area contributed by atoms with Gasteiger partial charge in [-0.2, -0.15) is 5.10 Å². The molecular weight excluding hydrogens is 264 g/mol. The Morgan fingerprint density at radius 1 is 1.29 bits per heavy atom. The number of hydrogen-bond donors (Lipinski definition) is 1. The van der Waals surface area contributed by atoms with Gasteiger partial charge in [0, 0.05) is 44.5 Å². The van der Waals surface area contributed by atoms with Crippen LogP contribution >= 0.6 is 0 Å². The molecule has 1 N–H and O–H groups in total. The molecule has 6 heteroatoms. The van der Waals surface area contributed by atoms with Gasteiger partial charge in [-0.05, 0) is 20.3 Å². The molecule has 2 aromatic rings. The summed E-state index contributed by atoms with van der Waals surface area (Å²) in [6.07, 6.45) is 4.98. The molecule has 0 spiro atoms. The summed E-state index contributed by atoms with van der Waals surface area (Å²) in [6.45, 7) is 7.83. The van der Waals surface area contributed by atoms with Gasteiger partial charge in [0.1, 0.15) is 17.5 Å². The Hall–Kier alpha value is -2.11. The summed E-state index contributed by atoms with van der Waals surface area (Å²) in [7, 11) is 3.97. The minimum absolute atomic E-state index is 0.776. The Balaban J connectivity index is 2.23. The Labute approximate surface area is 126 Å². The van der Waals surface area contributed by atoms with Crippen LogP contribution in [0, 0.1) is 13.8 Å². The zero-order valence-corrected chi connectivity index (χ0v) is 13.5. The van der Waals surface area contributed by atoms with Crippen molar-refractivity contribution in [2.75, 3.05) is 23.8 Å². The summed E-state index contributed by atoms with van der Waals surface area (Å²) >= 11 is 0. The van der Waals surface area contributed by atoms with E-state index in [2.05, 4.69) is 39.1 Å². The van der Waals surface area contributed by atoms with E-state index in [4.69, 9.17) is 0 Å². The first-order valence-electron chi connectivity index (χ1n) is 7.29. The lowest BCUT2D eigenvalue weighted by Crippen LogP contribution is -2.20. The van der Waals surface area contributed by atoms with E-state index in [1.54, 1.807) is 0 Å². The van der Waals surface area contributed by atoms with Gasteiger partial charge in [-0.3, -0.25) is 4.68 Å². The maximum Gasteiger partial charge on any atom is 0.137 e. The van der Waals surface area contributed by atoms with Crippen LogP contribution in [-0.4, -0.2) is 33.3 Å². The minimum atomic E-state index is 0.776. The van der Waals surface area contributed by atoms with E-state index >= 15 is 0 Å². The van der Waals surface area contributed by atoms with E-state index in [1.165, 1.54) is 5.56 Å². The monoisotopic (exact) mass is 288 g/mol. The highest BCUT2D eigenvalue weighted by Crippen LogP contribution is 2.23. The lowest BCUT2D eigenvalue weighted by Gasteiger charge is -2.21. The highest BCUT2D eigenvalue weighted by atomic mass is 15.2. The summed E-state index contributed by atoms with van der Waals surface area (Å²) < 4.78 is 1.81. The van der Waals surface area contributed by atoms with Crippen LogP contribution in [0.25, 0.3) is 0 Å². The van der Waals surface area contributed by atoms with Crippen LogP contribution < -0.4 is 10.2 Å². The van der Waals surface area contributed by atoms with Gasteiger partial charge in [0.2, 0.25) is 0 Å². The first kappa shape index (κ1) is 15.3. The highest BCUT2D eigenvalue weighted by Gasteiger charge is 2.13. The fourth-order valence-corrected chi connectivity index (χ4v) is 2.30. The fraction of sp³-hybridized carbons (Fsp3) is 0.533. The van der Waals surface area contributed by atoms with Crippen molar-refractivity contribution in [2.24, 2.45) is 7.05 Å². The van der Waals surface area contributed by atoms with Gasteiger partial charge in [0.15, 0.2) is 0 Å². The van der Waals surface area contributed by atoms with E-state index in [1.807, 2.05) is 38.1 Å². The van der Waals surface area contributed by atoms with Gasteiger partial charge >= 0.3 is 0 Å². The normalized spacial score (nSPS) is 10.7. The number of nitrogens with one attached hydrogen (secondary N) is 1. The molecule has 21 heavy (non-hydrogen) atoms. The molecule has 6 nitrogen and oxygen atoms in total. The van der Waals surface area contributed by atoms with E-state index < -0.39 is 0 Å². The average Bonchev–Trinajstić information content (AvgIpc) is 2.84. The first-order chi connectivity index (χ1) is 10.0. The van der Waals surface area contributed by atoms with E-state index in [0.29, 0.717) is 0 Å². The van der Waals surface area contributed by atoms with Crippen molar-refractivity contribution in [3.8, 4) is 0 Å². The summed E-state index contributed by atoms with van der Waals surface area (Å²) in [4.78, 5) is 11.2. The van der Waals surface area contributed by atoms with Gasteiger partial charge in [-0.25, -0.2) is 9.97 Å². The molecule has 0 unspecified atom stereocenters. The third kappa shape index (κ3) is 3.71. The van der Waals surface area contributed by atoms with Crippen LogP contribution in [0.3, 0.4) is 0 Å². The molecule has 0 aliphatic carbocycles. The van der Waals surface area contributed by atoms with Gasteiger partial charge in [0.25, 0.3) is 0 Å². The molecule has 0 aliphatic rings. The molecule has 0 fully saturated rings. The Morgan fingerprint density at radius 3 is 2.67 bits per heavy atom. The van der Waals surface area contributed by atoms with Crippen molar-refractivity contribution in [3.63, 3.8) is 0 Å². The lowest BCUT2D eigenvalue weighted by molar-refractivity contribution is 0.766. The zero-order valence-electron chi connectivity index (χ0n) is 13.5. The minimum Gasteiger partial charge on any atom is -0.370 e. The molecule has 0 amide bonds. The largest absolute Gasteiger partial charge is 0.370 e. The Bertz CT molecular complexity index is 604. The maximum atomic E-state index is 4.59. The van der Waals surface area contributed by atoms with Crippen LogP contribution in [0.15, 0.2) is 12.4 Å². The van der Waals surface area contributed by atoms with Gasteiger partial charge in [-0.15, -0.1) is 0 Å². The molecule has 0 aliphatic heterocycles. The Morgan fingerprint density at radius 2 is 2.05 bits per heavy atom. The van der Waals surface area contributed by atoms with Crippen LogP contribution in [0.2, 0.25) is 0 Å². The SMILES string of the molecule is CCCNc1nc(C)nc(N(C)Cc2cnn(C)c2)c1C. The van der Waals surface area contributed by atoms with E-state index in [9.17, 15) is 0 Å². The van der Waals surface area contributed by atoms with Crippen LogP contribution in [0.1, 0.15) is 30.3 Å². The van der Waals surface area contributed by atoms with Gasteiger partial charge in [-0.1, -0.05) is 6.92 Å². The van der Waals surface area contributed by atoms with Gasteiger partial charge < -0.3 is 10.2 Å². The van der Waals surface area contributed by atoms with Gasteiger partial charge in [0.05, 0.1) is 6.20 Å².